The van der Waals surface area contributed by atoms with Crippen molar-refractivity contribution in [1.29, 1.82) is 0 Å². The van der Waals surface area contributed by atoms with Crippen molar-refractivity contribution < 1.29 is 22.7 Å². The molecule has 0 aliphatic heterocycles. The number of amides is 1. The monoisotopic (exact) mass is 323 g/mol. The Hall–Kier alpha value is -2.50. The average molecular weight is 323 g/mol. The zero-order chi connectivity index (χ0) is 16.9. The minimum Gasteiger partial charge on any atom is -0.494 e. The smallest absolute Gasteiger partial charge is 0.418 e. The SMILES string of the molecule is CCCOc1cccc(C(=O)Nc2ccccc2C(F)(F)F)c1. The number of nitrogens with one attached hydrogen (secondary N) is 1. The largest absolute Gasteiger partial charge is 0.494 e. The maximum atomic E-state index is 12.9. The quantitative estimate of drug-likeness (QED) is 0.862. The molecule has 23 heavy (non-hydrogen) atoms. The first-order valence-electron chi connectivity index (χ1n) is 7.12. The van der Waals surface area contributed by atoms with Crippen molar-refractivity contribution in [3.63, 3.8) is 0 Å². The van der Waals surface area contributed by atoms with Gasteiger partial charge in [-0.1, -0.05) is 25.1 Å². The summed E-state index contributed by atoms with van der Waals surface area (Å²) in [4.78, 5) is 12.2. The first-order valence-corrected chi connectivity index (χ1v) is 7.12. The molecule has 0 aliphatic rings. The van der Waals surface area contributed by atoms with Crippen LogP contribution in [0.15, 0.2) is 48.5 Å². The molecule has 0 unspecified atom stereocenters. The van der Waals surface area contributed by atoms with E-state index < -0.39 is 17.6 Å². The van der Waals surface area contributed by atoms with Crippen molar-refractivity contribution in [1.82, 2.24) is 0 Å². The van der Waals surface area contributed by atoms with Crippen molar-refractivity contribution in [3.05, 3.63) is 59.7 Å². The lowest BCUT2D eigenvalue weighted by molar-refractivity contribution is -0.136. The van der Waals surface area contributed by atoms with Crippen LogP contribution in [0.5, 0.6) is 5.75 Å². The Bertz CT molecular complexity index is 684. The number of carbonyl (C=O) groups excluding carboxylic acids is 1. The molecule has 0 saturated heterocycles. The topological polar surface area (TPSA) is 38.3 Å². The minimum absolute atomic E-state index is 0.232. The molecule has 0 radical (unpaired) electrons. The number of carbonyl (C=O) groups is 1. The summed E-state index contributed by atoms with van der Waals surface area (Å²) in [5.74, 6) is -0.118. The molecular formula is C17H16F3NO2. The number of benzene rings is 2. The summed E-state index contributed by atoms with van der Waals surface area (Å²) in [6.07, 6.45) is -3.72. The summed E-state index contributed by atoms with van der Waals surface area (Å²) in [5.41, 5.74) is -0.924. The summed E-state index contributed by atoms with van der Waals surface area (Å²) in [6, 6.07) is 11.2. The Balaban J connectivity index is 2.20. The van der Waals surface area contributed by atoms with Gasteiger partial charge in [0.15, 0.2) is 0 Å². The first-order chi connectivity index (χ1) is 10.9. The summed E-state index contributed by atoms with van der Waals surface area (Å²) in [5, 5.41) is 2.30. The molecule has 6 heteroatoms. The molecule has 3 nitrogen and oxygen atoms in total. The lowest BCUT2D eigenvalue weighted by Gasteiger charge is -2.14. The highest BCUT2D eigenvalue weighted by molar-refractivity contribution is 6.04. The molecule has 0 fully saturated rings. The van der Waals surface area contributed by atoms with Crippen LogP contribution in [0.4, 0.5) is 18.9 Å². The van der Waals surface area contributed by atoms with E-state index in [0.29, 0.717) is 12.4 Å². The Kier molecular flexibility index (Phi) is 5.26. The number of hydrogen-bond donors (Lipinski definition) is 1. The summed E-state index contributed by atoms with van der Waals surface area (Å²) in [7, 11) is 0. The number of ether oxygens (including phenoxy) is 1. The molecule has 0 heterocycles. The zero-order valence-electron chi connectivity index (χ0n) is 12.5. The highest BCUT2D eigenvalue weighted by Crippen LogP contribution is 2.34. The molecule has 0 bridgehead atoms. The van der Waals surface area contributed by atoms with Gasteiger partial charge in [0.2, 0.25) is 0 Å². The Morgan fingerprint density at radius 2 is 1.87 bits per heavy atom. The van der Waals surface area contributed by atoms with Crippen molar-refractivity contribution in [2.45, 2.75) is 19.5 Å². The molecular weight excluding hydrogens is 307 g/mol. The molecule has 0 spiro atoms. The van der Waals surface area contributed by atoms with E-state index in [0.717, 1.165) is 12.5 Å². The second kappa shape index (κ2) is 7.17. The number of hydrogen-bond acceptors (Lipinski definition) is 2. The zero-order valence-corrected chi connectivity index (χ0v) is 12.5. The van der Waals surface area contributed by atoms with E-state index in [2.05, 4.69) is 5.32 Å². The molecule has 122 valence electrons. The lowest BCUT2D eigenvalue weighted by atomic mass is 10.1. The number of para-hydroxylation sites is 1. The maximum Gasteiger partial charge on any atom is 0.418 e. The van der Waals surface area contributed by atoms with Crippen LogP contribution in [0.3, 0.4) is 0 Å². The third kappa shape index (κ3) is 4.48. The van der Waals surface area contributed by atoms with E-state index in [-0.39, 0.29) is 11.3 Å². The van der Waals surface area contributed by atoms with Gasteiger partial charge in [-0.05, 0) is 36.8 Å². The predicted molar refractivity (Wildman–Crippen MR) is 81.6 cm³/mol. The fourth-order valence-electron chi connectivity index (χ4n) is 1.98. The van der Waals surface area contributed by atoms with Gasteiger partial charge in [-0.3, -0.25) is 4.79 Å². The second-order valence-corrected chi connectivity index (χ2v) is 4.87. The van der Waals surface area contributed by atoms with Crippen LogP contribution >= 0.6 is 0 Å². The molecule has 0 aliphatic carbocycles. The molecule has 0 atom stereocenters. The van der Waals surface area contributed by atoms with Gasteiger partial charge in [-0.25, -0.2) is 0 Å². The van der Waals surface area contributed by atoms with Gasteiger partial charge >= 0.3 is 6.18 Å². The van der Waals surface area contributed by atoms with E-state index in [1.54, 1.807) is 12.1 Å². The summed E-state index contributed by atoms with van der Waals surface area (Å²) < 4.78 is 44.2. The molecule has 2 rings (SSSR count). The van der Waals surface area contributed by atoms with Gasteiger partial charge in [0, 0.05) is 5.56 Å². The van der Waals surface area contributed by atoms with Gasteiger partial charge in [0.25, 0.3) is 5.91 Å². The fourth-order valence-corrected chi connectivity index (χ4v) is 1.98. The maximum absolute atomic E-state index is 12.9. The van der Waals surface area contributed by atoms with E-state index in [9.17, 15) is 18.0 Å². The number of anilines is 1. The molecule has 0 saturated carbocycles. The van der Waals surface area contributed by atoms with Gasteiger partial charge in [0.05, 0.1) is 17.9 Å². The Morgan fingerprint density at radius 3 is 2.57 bits per heavy atom. The highest BCUT2D eigenvalue weighted by Gasteiger charge is 2.33. The number of alkyl halides is 3. The van der Waals surface area contributed by atoms with Crippen molar-refractivity contribution in [2.75, 3.05) is 11.9 Å². The van der Waals surface area contributed by atoms with Crippen LogP contribution in [0.1, 0.15) is 29.3 Å². The van der Waals surface area contributed by atoms with Gasteiger partial charge in [-0.15, -0.1) is 0 Å². The molecule has 1 N–H and O–H groups in total. The van der Waals surface area contributed by atoms with Crippen molar-refractivity contribution >= 4 is 11.6 Å². The number of rotatable bonds is 5. The lowest BCUT2D eigenvalue weighted by Crippen LogP contribution is -2.16. The predicted octanol–water partition coefficient (Wildman–Crippen LogP) is 4.75. The third-order valence-electron chi connectivity index (χ3n) is 3.05. The summed E-state index contributed by atoms with van der Waals surface area (Å²) >= 11 is 0. The Morgan fingerprint density at radius 1 is 1.13 bits per heavy atom. The third-order valence-corrected chi connectivity index (χ3v) is 3.05. The molecule has 0 aromatic heterocycles. The summed E-state index contributed by atoms with van der Waals surface area (Å²) in [6.45, 7) is 2.45. The Labute approximate surface area is 132 Å². The van der Waals surface area contributed by atoms with E-state index in [1.165, 1.54) is 30.3 Å². The van der Waals surface area contributed by atoms with E-state index in [4.69, 9.17) is 4.74 Å². The average Bonchev–Trinajstić information content (AvgIpc) is 2.52. The van der Waals surface area contributed by atoms with E-state index in [1.807, 2.05) is 6.92 Å². The van der Waals surface area contributed by atoms with Crippen LogP contribution in [0.2, 0.25) is 0 Å². The van der Waals surface area contributed by atoms with Crippen LogP contribution in [-0.2, 0) is 6.18 Å². The van der Waals surface area contributed by atoms with Gasteiger partial charge < -0.3 is 10.1 Å². The molecule has 2 aromatic carbocycles. The standard InChI is InChI=1S/C17H16F3NO2/c1-2-10-23-13-7-5-6-12(11-13)16(22)21-15-9-4-3-8-14(15)17(18,19)20/h3-9,11H,2,10H2,1H3,(H,21,22). The molecule has 1 amide bonds. The van der Waals surface area contributed by atoms with Crippen LogP contribution in [0.25, 0.3) is 0 Å². The molecule has 2 aromatic rings. The fraction of sp³-hybridized carbons (Fsp3) is 0.235. The number of halogens is 3. The highest BCUT2D eigenvalue weighted by atomic mass is 19.4. The normalized spacial score (nSPS) is 11.1. The minimum atomic E-state index is -4.53. The first kappa shape index (κ1) is 16.9. The van der Waals surface area contributed by atoms with E-state index >= 15 is 0 Å². The van der Waals surface area contributed by atoms with Gasteiger partial charge in [0.1, 0.15) is 5.75 Å². The van der Waals surface area contributed by atoms with Crippen molar-refractivity contribution in [2.24, 2.45) is 0 Å². The van der Waals surface area contributed by atoms with Crippen molar-refractivity contribution in [3.8, 4) is 5.75 Å². The van der Waals surface area contributed by atoms with Gasteiger partial charge in [-0.2, -0.15) is 13.2 Å². The van der Waals surface area contributed by atoms with Crippen LogP contribution in [-0.4, -0.2) is 12.5 Å². The van der Waals surface area contributed by atoms with Crippen LogP contribution < -0.4 is 10.1 Å². The van der Waals surface area contributed by atoms with Crippen LogP contribution in [0, 0.1) is 0 Å². The second-order valence-electron chi connectivity index (χ2n) is 4.87.